The van der Waals surface area contributed by atoms with Crippen LogP contribution in [0, 0.1) is 0 Å². The summed E-state index contributed by atoms with van der Waals surface area (Å²) in [4.78, 5) is 4.63. The van der Waals surface area contributed by atoms with E-state index < -0.39 is 0 Å². The third-order valence-electron chi connectivity index (χ3n) is 2.11. The summed E-state index contributed by atoms with van der Waals surface area (Å²) < 4.78 is 0. The summed E-state index contributed by atoms with van der Waals surface area (Å²) in [5.74, 6) is 0. The summed E-state index contributed by atoms with van der Waals surface area (Å²) in [6, 6.07) is 0. The predicted molar refractivity (Wildman–Crippen MR) is 47.3 cm³/mol. The number of hydrogen-bond donors (Lipinski definition) is 1. The van der Waals surface area contributed by atoms with Crippen molar-refractivity contribution in [3.63, 3.8) is 0 Å². The maximum Gasteiger partial charge on any atom is 0.0300 e. The topological polar surface area (TPSA) is 32.5 Å². The minimum atomic E-state index is 0.772. The maximum absolute atomic E-state index is 5.45. The van der Waals surface area contributed by atoms with Crippen LogP contribution in [-0.2, 0) is 0 Å². The van der Waals surface area contributed by atoms with Crippen LogP contribution in [0.2, 0.25) is 0 Å². The smallest absolute Gasteiger partial charge is 0.0300 e. The number of piperazine rings is 1. The summed E-state index contributed by atoms with van der Waals surface area (Å²) in [5.41, 5.74) is 5.45. The van der Waals surface area contributed by atoms with Crippen molar-refractivity contribution in [1.82, 2.24) is 9.80 Å². The van der Waals surface area contributed by atoms with Crippen LogP contribution in [0.5, 0.6) is 0 Å². The molecule has 0 aromatic rings. The van der Waals surface area contributed by atoms with Crippen LogP contribution >= 0.6 is 0 Å². The monoisotopic (exact) mass is 155 g/mol. The maximum atomic E-state index is 5.45. The summed E-state index contributed by atoms with van der Waals surface area (Å²) in [7, 11) is 0. The SMILES string of the molecule is C=CN1CCN(CCN)CC1. The predicted octanol–water partition coefficient (Wildman–Crippen LogP) is -0.294. The molecule has 11 heavy (non-hydrogen) atoms. The second-order valence-corrected chi connectivity index (χ2v) is 2.85. The fourth-order valence-electron chi connectivity index (χ4n) is 1.35. The van der Waals surface area contributed by atoms with Gasteiger partial charge in [0.15, 0.2) is 0 Å². The molecule has 0 radical (unpaired) electrons. The van der Waals surface area contributed by atoms with Crippen molar-refractivity contribution >= 4 is 0 Å². The Balaban J connectivity index is 2.18. The normalized spacial score (nSPS) is 20.3. The van der Waals surface area contributed by atoms with Gasteiger partial charge in [0, 0.05) is 39.3 Å². The van der Waals surface area contributed by atoms with Gasteiger partial charge in [0.25, 0.3) is 0 Å². The molecule has 0 spiro atoms. The molecule has 0 unspecified atom stereocenters. The molecule has 2 N–H and O–H groups in total. The molecule has 1 aliphatic heterocycles. The van der Waals surface area contributed by atoms with E-state index in [4.69, 9.17) is 5.73 Å². The molecule has 0 amide bonds. The number of nitrogens with two attached hydrogens (primary N) is 1. The largest absolute Gasteiger partial charge is 0.375 e. The van der Waals surface area contributed by atoms with Gasteiger partial charge in [0.2, 0.25) is 0 Å². The van der Waals surface area contributed by atoms with Crippen molar-refractivity contribution in [3.8, 4) is 0 Å². The van der Waals surface area contributed by atoms with Crippen LogP contribution in [0.15, 0.2) is 12.8 Å². The van der Waals surface area contributed by atoms with E-state index in [1.54, 1.807) is 0 Å². The Kier molecular flexibility index (Phi) is 3.39. The van der Waals surface area contributed by atoms with Gasteiger partial charge in [-0.3, -0.25) is 4.90 Å². The van der Waals surface area contributed by atoms with Crippen LogP contribution < -0.4 is 5.73 Å². The van der Waals surface area contributed by atoms with E-state index in [0.29, 0.717) is 0 Å². The Morgan fingerprint density at radius 1 is 1.27 bits per heavy atom. The van der Waals surface area contributed by atoms with E-state index in [1.807, 2.05) is 6.20 Å². The van der Waals surface area contributed by atoms with E-state index in [-0.39, 0.29) is 0 Å². The van der Waals surface area contributed by atoms with Gasteiger partial charge in [-0.15, -0.1) is 0 Å². The molecular weight excluding hydrogens is 138 g/mol. The number of hydrogen-bond acceptors (Lipinski definition) is 3. The first-order valence-corrected chi connectivity index (χ1v) is 4.16. The van der Waals surface area contributed by atoms with E-state index in [0.717, 1.165) is 39.3 Å². The van der Waals surface area contributed by atoms with Crippen LogP contribution in [0.25, 0.3) is 0 Å². The molecule has 64 valence electrons. The van der Waals surface area contributed by atoms with Gasteiger partial charge in [-0.1, -0.05) is 6.58 Å². The molecule has 0 atom stereocenters. The number of rotatable bonds is 3. The molecule has 1 aliphatic rings. The van der Waals surface area contributed by atoms with Crippen LogP contribution in [-0.4, -0.2) is 49.1 Å². The van der Waals surface area contributed by atoms with Crippen molar-refractivity contribution in [2.24, 2.45) is 5.73 Å². The Hall–Kier alpha value is -0.540. The summed E-state index contributed by atoms with van der Waals surface area (Å²) in [6.45, 7) is 10.0. The lowest BCUT2D eigenvalue weighted by molar-refractivity contribution is 0.172. The van der Waals surface area contributed by atoms with Gasteiger partial charge >= 0.3 is 0 Å². The van der Waals surface area contributed by atoms with Crippen molar-refractivity contribution in [1.29, 1.82) is 0 Å². The first kappa shape index (κ1) is 8.56. The van der Waals surface area contributed by atoms with Crippen molar-refractivity contribution in [3.05, 3.63) is 12.8 Å². The lowest BCUT2D eigenvalue weighted by Crippen LogP contribution is -2.45. The summed E-state index contributed by atoms with van der Waals surface area (Å²) in [5, 5.41) is 0. The molecule has 1 heterocycles. The fraction of sp³-hybridized carbons (Fsp3) is 0.750. The highest BCUT2D eigenvalue weighted by atomic mass is 15.2. The van der Waals surface area contributed by atoms with Gasteiger partial charge < -0.3 is 10.6 Å². The van der Waals surface area contributed by atoms with E-state index in [9.17, 15) is 0 Å². The van der Waals surface area contributed by atoms with Crippen molar-refractivity contribution in [2.75, 3.05) is 39.3 Å². The molecule has 0 aromatic carbocycles. The zero-order valence-electron chi connectivity index (χ0n) is 7.00. The Bertz CT molecular complexity index is 117. The minimum absolute atomic E-state index is 0.772. The second-order valence-electron chi connectivity index (χ2n) is 2.85. The third-order valence-corrected chi connectivity index (χ3v) is 2.11. The Labute approximate surface area is 68.5 Å². The highest BCUT2D eigenvalue weighted by molar-refractivity contribution is 4.78. The first-order chi connectivity index (χ1) is 5.36. The van der Waals surface area contributed by atoms with Crippen LogP contribution in [0.1, 0.15) is 0 Å². The van der Waals surface area contributed by atoms with Crippen molar-refractivity contribution < 1.29 is 0 Å². The highest BCUT2D eigenvalue weighted by Crippen LogP contribution is 1.99. The third kappa shape index (κ3) is 2.52. The zero-order chi connectivity index (χ0) is 8.10. The molecule has 1 saturated heterocycles. The fourth-order valence-corrected chi connectivity index (χ4v) is 1.35. The average Bonchev–Trinajstić information content (AvgIpc) is 2.07. The molecule has 0 bridgehead atoms. The van der Waals surface area contributed by atoms with E-state index in [2.05, 4.69) is 16.4 Å². The van der Waals surface area contributed by atoms with Crippen molar-refractivity contribution in [2.45, 2.75) is 0 Å². The molecule has 1 rings (SSSR count). The van der Waals surface area contributed by atoms with Gasteiger partial charge in [-0.05, 0) is 6.20 Å². The quantitative estimate of drug-likeness (QED) is 0.607. The minimum Gasteiger partial charge on any atom is -0.375 e. The van der Waals surface area contributed by atoms with E-state index in [1.165, 1.54) is 0 Å². The number of nitrogens with zero attached hydrogens (tertiary/aromatic N) is 2. The zero-order valence-corrected chi connectivity index (χ0v) is 7.00. The standard InChI is InChI=1S/C8H17N3/c1-2-10-5-7-11(4-3-9)8-6-10/h2H,1,3-9H2. The van der Waals surface area contributed by atoms with E-state index >= 15 is 0 Å². The molecule has 1 fully saturated rings. The average molecular weight is 155 g/mol. The molecular formula is C8H17N3. The molecule has 0 aliphatic carbocycles. The summed E-state index contributed by atoms with van der Waals surface area (Å²) in [6.07, 6.45) is 1.92. The van der Waals surface area contributed by atoms with Gasteiger partial charge in [-0.2, -0.15) is 0 Å². The molecule has 3 nitrogen and oxygen atoms in total. The Morgan fingerprint density at radius 3 is 2.36 bits per heavy atom. The van der Waals surface area contributed by atoms with Gasteiger partial charge in [-0.25, -0.2) is 0 Å². The summed E-state index contributed by atoms with van der Waals surface area (Å²) >= 11 is 0. The lowest BCUT2D eigenvalue weighted by atomic mass is 10.3. The Morgan fingerprint density at radius 2 is 1.91 bits per heavy atom. The van der Waals surface area contributed by atoms with Crippen LogP contribution in [0.4, 0.5) is 0 Å². The first-order valence-electron chi connectivity index (χ1n) is 4.16. The molecule has 0 saturated carbocycles. The van der Waals surface area contributed by atoms with Crippen LogP contribution in [0.3, 0.4) is 0 Å². The lowest BCUT2D eigenvalue weighted by Gasteiger charge is -2.33. The molecule has 3 heteroatoms. The highest BCUT2D eigenvalue weighted by Gasteiger charge is 2.12. The van der Waals surface area contributed by atoms with Gasteiger partial charge in [0.1, 0.15) is 0 Å². The molecule has 0 aromatic heterocycles. The van der Waals surface area contributed by atoms with Gasteiger partial charge in [0.05, 0.1) is 0 Å². The second kappa shape index (κ2) is 4.36.